The summed E-state index contributed by atoms with van der Waals surface area (Å²) in [6, 6.07) is 0. The maximum absolute atomic E-state index is 10.7. The van der Waals surface area contributed by atoms with Gasteiger partial charge in [0.05, 0.1) is 6.20 Å². The topological polar surface area (TPSA) is 60.9 Å². The van der Waals surface area contributed by atoms with Gasteiger partial charge in [0.25, 0.3) is 5.91 Å². The van der Waals surface area contributed by atoms with Crippen molar-refractivity contribution in [3.8, 4) is 0 Å². The maximum Gasteiger partial charge on any atom is 0.267 e. The Kier molecular flexibility index (Phi) is 1.45. The number of aryl methyl sites for hydroxylation is 2. The van der Waals surface area contributed by atoms with Gasteiger partial charge in [0.1, 0.15) is 5.69 Å². The molecule has 0 saturated heterocycles. The molecule has 0 spiro atoms. The van der Waals surface area contributed by atoms with Crippen LogP contribution in [0.15, 0.2) is 6.20 Å². The van der Waals surface area contributed by atoms with Crippen LogP contribution in [0, 0.1) is 6.92 Å². The van der Waals surface area contributed by atoms with E-state index in [1.165, 1.54) is 4.68 Å². The van der Waals surface area contributed by atoms with Crippen LogP contribution < -0.4 is 5.73 Å². The molecule has 1 heterocycles. The minimum atomic E-state index is -0.433. The van der Waals surface area contributed by atoms with E-state index in [0.717, 1.165) is 5.56 Å². The lowest BCUT2D eigenvalue weighted by Gasteiger charge is -1.95. The van der Waals surface area contributed by atoms with Gasteiger partial charge in [0.2, 0.25) is 0 Å². The summed E-state index contributed by atoms with van der Waals surface area (Å²) in [5.41, 5.74) is 6.35. The van der Waals surface area contributed by atoms with E-state index < -0.39 is 5.91 Å². The van der Waals surface area contributed by atoms with Crippen molar-refractivity contribution in [1.29, 1.82) is 0 Å². The first kappa shape index (κ1) is 6.80. The van der Waals surface area contributed by atoms with E-state index in [9.17, 15) is 4.79 Å². The van der Waals surface area contributed by atoms with E-state index in [1.54, 1.807) is 20.2 Å². The van der Waals surface area contributed by atoms with Crippen molar-refractivity contribution in [3.63, 3.8) is 0 Å². The molecule has 54 valence electrons. The molecule has 0 radical (unpaired) electrons. The molecular formula is C6H9N3O. The molecule has 4 nitrogen and oxygen atoms in total. The van der Waals surface area contributed by atoms with Crippen LogP contribution in [0.5, 0.6) is 0 Å². The summed E-state index contributed by atoms with van der Waals surface area (Å²) in [6.45, 7) is 1.80. The zero-order valence-corrected chi connectivity index (χ0v) is 5.96. The third-order valence-corrected chi connectivity index (χ3v) is 1.36. The average molecular weight is 139 g/mol. The number of aromatic nitrogens is 2. The zero-order chi connectivity index (χ0) is 7.72. The van der Waals surface area contributed by atoms with Crippen molar-refractivity contribution in [2.24, 2.45) is 12.8 Å². The van der Waals surface area contributed by atoms with E-state index in [2.05, 4.69) is 5.10 Å². The SMILES string of the molecule is Cc1cnn(C)c1C(N)=O. The molecule has 4 heteroatoms. The molecular weight excluding hydrogens is 130 g/mol. The lowest BCUT2D eigenvalue weighted by molar-refractivity contribution is 0.0991. The van der Waals surface area contributed by atoms with E-state index in [4.69, 9.17) is 5.73 Å². The molecule has 0 saturated carbocycles. The van der Waals surface area contributed by atoms with Gasteiger partial charge in [-0.1, -0.05) is 0 Å². The van der Waals surface area contributed by atoms with Crippen LogP contribution in [-0.4, -0.2) is 15.7 Å². The molecule has 1 amide bonds. The van der Waals surface area contributed by atoms with Gasteiger partial charge in [-0.3, -0.25) is 9.48 Å². The molecule has 0 fully saturated rings. The summed E-state index contributed by atoms with van der Waals surface area (Å²) in [5, 5.41) is 3.85. The van der Waals surface area contributed by atoms with E-state index in [-0.39, 0.29) is 0 Å². The van der Waals surface area contributed by atoms with Crippen LogP contribution in [0.3, 0.4) is 0 Å². The summed E-state index contributed by atoms with van der Waals surface area (Å²) in [7, 11) is 1.69. The quantitative estimate of drug-likeness (QED) is 0.587. The van der Waals surface area contributed by atoms with E-state index in [1.807, 2.05) is 0 Å². The van der Waals surface area contributed by atoms with Crippen LogP contribution in [0.25, 0.3) is 0 Å². The lowest BCUT2D eigenvalue weighted by Crippen LogP contribution is -2.16. The largest absolute Gasteiger partial charge is 0.364 e. The molecule has 1 aromatic heterocycles. The Morgan fingerprint density at radius 1 is 1.80 bits per heavy atom. The number of hydrogen-bond acceptors (Lipinski definition) is 2. The van der Waals surface area contributed by atoms with Gasteiger partial charge in [0, 0.05) is 7.05 Å². The van der Waals surface area contributed by atoms with Crippen LogP contribution >= 0.6 is 0 Å². The number of carbonyl (C=O) groups excluding carboxylic acids is 1. The van der Waals surface area contributed by atoms with Gasteiger partial charge in [-0.15, -0.1) is 0 Å². The van der Waals surface area contributed by atoms with Gasteiger partial charge in [0.15, 0.2) is 0 Å². The highest BCUT2D eigenvalue weighted by atomic mass is 16.1. The van der Waals surface area contributed by atoms with Crippen molar-refractivity contribution in [2.75, 3.05) is 0 Å². The Hall–Kier alpha value is -1.32. The fraction of sp³-hybridized carbons (Fsp3) is 0.333. The van der Waals surface area contributed by atoms with E-state index >= 15 is 0 Å². The van der Waals surface area contributed by atoms with Gasteiger partial charge < -0.3 is 5.73 Å². The minimum Gasteiger partial charge on any atom is -0.364 e. The first-order valence-corrected chi connectivity index (χ1v) is 2.91. The second-order valence-electron chi connectivity index (χ2n) is 2.16. The minimum absolute atomic E-state index is 0.433. The standard InChI is InChI=1S/C6H9N3O/c1-4-3-8-9(2)5(4)6(7)10/h3H,1-2H3,(H2,7,10). The first-order valence-electron chi connectivity index (χ1n) is 2.91. The highest BCUT2D eigenvalue weighted by Crippen LogP contribution is 2.02. The monoisotopic (exact) mass is 139 g/mol. The van der Waals surface area contributed by atoms with Crippen LogP contribution in [-0.2, 0) is 7.05 Å². The third kappa shape index (κ3) is 0.877. The number of nitrogens with two attached hydrogens (primary N) is 1. The molecule has 2 N–H and O–H groups in total. The number of rotatable bonds is 1. The second kappa shape index (κ2) is 2.13. The summed E-state index contributed by atoms with van der Waals surface area (Å²) in [5.74, 6) is -0.433. The molecule has 0 aliphatic heterocycles. The van der Waals surface area contributed by atoms with Gasteiger partial charge in [-0.05, 0) is 12.5 Å². The average Bonchev–Trinajstić information content (AvgIpc) is 2.11. The number of carbonyl (C=O) groups is 1. The normalized spacial score (nSPS) is 9.80. The van der Waals surface area contributed by atoms with Crippen molar-refractivity contribution in [1.82, 2.24) is 9.78 Å². The van der Waals surface area contributed by atoms with Crippen molar-refractivity contribution < 1.29 is 4.79 Å². The smallest absolute Gasteiger partial charge is 0.267 e. The van der Waals surface area contributed by atoms with Crippen molar-refractivity contribution in [3.05, 3.63) is 17.5 Å². The molecule has 0 unspecified atom stereocenters. The Morgan fingerprint density at radius 2 is 2.40 bits per heavy atom. The summed E-state index contributed by atoms with van der Waals surface area (Å²) >= 11 is 0. The van der Waals surface area contributed by atoms with Crippen LogP contribution in [0.2, 0.25) is 0 Å². The fourth-order valence-electron chi connectivity index (χ4n) is 0.901. The Balaban J connectivity index is 3.23. The van der Waals surface area contributed by atoms with Gasteiger partial charge in [-0.25, -0.2) is 0 Å². The Labute approximate surface area is 58.6 Å². The molecule has 0 atom stereocenters. The van der Waals surface area contributed by atoms with Crippen LogP contribution in [0.1, 0.15) is 16.1 Å². The van der Waals surface area contributed by atoms with Crippen molar-refractivity contribution in [2.45, 2.75) is 6.92 Å². The number of amides is 1. The maximum atomic E-state index is 10.7. The Morgan fingerprint density at radius 3 is 2.60 bits per heavy atom. The molecule has 0 aromatic carbocycles. The van der Waals surface area contributed by atoms with Crippen LogP contribution in [0.4, 0.5) is 0 Å². The zero-order valence-electron chi connectivity index (χ0n) is 5.96. The highest BCUT2D eigenvalue weighted by Gasteiger charge is 2.08. The molecule has 1 aromatic rings. The predicted molar refractivity (Wildman–Crippen MR) is 36.5 cm³/mol. The number of hydrogen-bond donors (Lipinski definition) is 1. The molecule has 0 aliphatic carbocycles. The second-order valence-corrected chi connectivity index (χ2v) is 2.16. The summed E-state index contributed by atoms with van der Waals surface area (Å²) in [4.78, 5) is 10.7. The number of primary amides is 1. The highest BCUT2D eigenvalue weighted by molar-refractivity contribution is 5.92. The van der Waals surface area contributed by atoms with Gasteiger partial charge >= 0.3 is 0 Å². The van der Waals surface area contributed by atoms with Gasteiger partial charge in [-0.2, -0.15) is 5.10 Å². The first-order chi connectivity index (χ1) is 4.63. The Bertz CT molecular complexity index is 244. The molecule has 10 heavy (non-hydrogen) atoms. The molecule has 0 bridgehead atoms. The van der Waals surface area contributed by atoms with Crippen molar-refractivity contribution >= 4 is 5.91 Å². The van der Waals surface area contributed by atoms with E-state index in [0.29, 0.717) is 5.69 Å². The lowest BCUT2D eigenvalue weighted by atomic mass is 10.3. The molecule has 1 rings (SSSR count). The number of nitrogens with zero attached hydrogens (tertiary/aromatic N) is 2. The predicted octanol–water partition coefficient (Wildman–Crippen LogP) is -0.173. The summed E-state index contributed by atoms with van der Waals surface area (Å²) in [6.07, 6.45) is 1.61. The molecule has 0 aliphatic rings. The third-order valence-electron chi connectivity index (χ3n) is 1.36. The summed E-state index contributed by atoms with van der Waals surface area (Å²) < 4.78 is 1.47. The fourth-order valence-corrected chi connectivity index (χ4v) is 0.901.